The van der Waals surface area contributed by atoms with E-state index in [2.05, 4.69) is 45.6 Å². The number of nitrogens with zero attached hydrogens (tertiary/aromatic N) is 2. The number of rotatable bonds is 4. The lowest BCUT2D eigenvalue weighted by Gasteiger charge is -2.10. The Morgan fingerprint density at radius 3 is 3.07 bits per heavy atom. The van der Waals surface area contributed by atoms with Crippen LogP contribution >= 0.6 is 11.3 Å². The normalized spacial score (nSPS) is 12.9. The van der Waals surface area contributed by atoms with Crippen molar-refractivity contribution >= 4 is 11.3 Å². The fourth-order valence-corrected chi connectivity index (χ4v) is 2.12. The zero-order valence-electron chi connectivity index (χ0n) is 8.97. The molecule has 80 valence electrons. The summed E-state index contributed by atoms with van der Waals surface area (Å²) in [6.45, 7) is 3.03. The molecule has 0 aliphatic heterocycles. The number of aryl methyl sites for hydroxylation is 1. The molecule has 2 aromatic rings. The van der Waals surface area contributed by atoms with Gasteiger partial charge in [0.05, 0.1) is 11.2 Å². The van der Waals surface area contributed by atoms with E-state index in [-0.39, 0.29) is 0 Å². The van der Waals surface area contributed by atoms with Crippen LogP contribution in [-0.4, -0.2) is 9.55 Å². The molecule has 2 rings (SSSR count). The second-order valence-electron chi connectivity index (χ2n) is 3.70. The molecular formula is C11H15N3S. The van der Waals surface area contributed by atoms with Crippen LogP contribution in [0.4, 0.5) is 0 Å². The predicted octanol–water partition coefficient (Wildman–Crippen LogP) is 2.33. The van der Waals surface area contributed by atoms with Gasteiger partial charge in [-0.2, -0.15) is 0 Å². The molecule has 3 nitrogen and oxygen atoms in total. The van der Waals surface area contributed by atoms with Crippen molar-refractivity contribution in [1.29, 1.82) is 0 Å². The van der Waals surface area contributed by atoms with Crippen molar-refractivity contribution in [2.45, 2.75) is 19.5 Å². The lowest BCUT2D eigenvalue weighted by Crippen LogP contribution is -2.17. The van der Waals surface area contributed by atoms with Crippen LogP contribution in [0.15, 0.2) is 29.4 Å². The summed E-state index contributed by atoms with van der Waals surface area (Å²) in [6.07, 6.45) is 4.19. The van der Waals surface area contributed by atoms with Gasteiger partial charge in [-0.15, -0.1) is 11.3 Å². The molecule has 1 atom stereocenters. The van der Waals surface area contributed by atoms with E-state index in [1.54, 1.807) is 11.3 Å². The second kappa shape index (κ2) is 4.59. The summed E-state index contributed by atoms with van der Waals surface area (Å²) in [7, 11) is 2.04. The first kappa shape index (κ1) is 10.4. The van der Waals surface area contributed by atoms with Crippen LogP contribution in [0.3, 0.4) is 0 Å². The summed E-state index contributed by atoms with van der Waals surface area (Å²) >= 11 is 1.64. The Bertz CT molecular complexity index is 405. The first-order valence-electron chi connectivity index (χ1n) is 4.98. The highest BCUT2D eigenvalue weighted by molar-refractivity contribution is 7.07. The van der Waals surface area contributed by atoms with E-state index >= 15 is 0 Å². The van der Waals surface area contributed by atoms with Crippen molar-refractivity contribution in [3.05, 3.63) is 40.6 Å². The standard InChI is InChI=1S/C11H15N3S/c1-9(11-7-15-8-13-11)12-5-10-3-4-14(2)6-10/h3-4,6-9,12H,5H2,1-2H3. The molecule has 0 spiro atoms. The van der Waals surface area contributed by atoms with Crippen LogP contribution in [0.2, 0.25) is 0 Å². The van der Waals surface area contributed by atoms with Gasteiger partial charge in [0.1, 0.15) is 0 Å². The summed E-state index contributed by atoms with van der Waals surface area (Å²) in [6, 6.07) is 2.44. The molecule has 15 heavy (non-hydrogen) atoms. The molecule has 0 fully saturated rings. The molecule has 4 heteroatoms. The third kappa shape index (κ3) is 2.67. The highest BCUT2D eigenvalue weighted by Gasteiger charge is 2.06. The molecule has 0 aromatic carbocycles. The summed E-state index contributed by atoms with van der Waals surface area (Å²) in [4.78, 5) is 4.28. The lowest BCUT2D eigenvalue weighted by atomic mass is 10.2. The first-order valence-corrected chi connectivity index (χ1v) is 5.92. The van der Waals surface area contributed by atoms with Gasteiger partial charge < -0.3 is 9.88 Å². The van der Waals surface area contributed by atoms with Crippen molar-refractivity contribution in [2.24, 2.45) is 7.05 Å². The van der Waals surface area contributed by atoms with Crippen LogP contribution in [0.25, 0.3) is 0 Å². The van der Waals surface area contributed by atoms with Crippen molar-refractivity contribution in [3.8, 4) is 0 Å². The predicted molar refractivity (Wildman–Crippen MR) is 62.8 cm³/mol. The number of thiazole rings is 1. The van der Waals surface area contributed by atoms with Gasteiger partial charge in [-0.25, -0.2) is 4.98 Å². The fourth-order valence-electron chi connectivity index (χ4n) is 1.48. The quantitative estimate of drug-likeness (QED) is 0.858. The maximum absolute atomic E-state index is 4.28. The molecule has 2 aromatic heterocycles. The van der Waals surface area contributed by atoms with Gasteiger partial charge in [-0.05, 0) is 18.6 Å². The van der Waals surface area contributed by atoms with Gasteiger partial charge >= 0.3 is 0 Å². The van der Waals surface area contributed by atoms with Gasteiger partial charge in [-0.1, -0.05) is 0 Å². The third-order valence-electron chi connectivity index (χ3n) is 2.40. The summed E-state index contributed by atoms with van der Waals surface area (Å²) < 4.78 is 2.06. The smallest absolute Gasteiger partial charge is 0.0795 e. The monoisotopic (exact) mass is 221 g/mol. The lowest BCUT2D eigenvalue weighted by molar-refractivity contribution is 0.564. The number of nitrogens with one attached hydrogen (secondary N) is 1. The minimum Gasteiger partial charge on any atom is -0.357 e. The van der Waals surface area contributed by atoms with Crippen LogP contribution in [0.1, 0.15) is 24.2 Å². The Kier molecular flexibility index (Phi) is 3.18. The van der Waals surface area contributed by atoms with Crippen LogP contribution in [0.5, 0.6) is 0 Å². The van der Waals surface area contributed by atoms with E-state index in [1.165, 1.54) is 5.56 Å². The average Bonchev–Trinajstić information content (AvgIpc) is 2.84. The van der Waals surface area contributed by atoms with Crippen molar-refractivity contribution < 1.29 is 0 Å². The summed E-state index contributed by atoms with van der Waals surface area (Å²) in [5.41, 5.74) is 4.30. The molecule has 0 saturated carbocycles. The van der Waals surface area contributed by atoms with Crippen LogP contribution in [0, 0.1) is 0 Å². The van der Waals surface area contributed by atoms with E-state index in [1.807, 2.05) is 12.6 Å². The number of hydrogen-bond donors (Lipinski definition) is 1. The minimum atomic E-state index is 0.316. The molecule has 1 N–H and O–H groups in total. The maximum Gasteiger partial charge on any atom is 0.0795 e. The minimum absolute atomic E-state index is 0.316. The van der Waals surface area contributed by atoms with Gasteiger partial charge in [0.15, 0.2) is 0 Å². The van der Waals surface area contributed by atoms with Gasteiger partial charge in [0, 0.05) is 37.4 Å². The molecule has 0 amide bonds. The van der Waals surface area contributed by atoms with Gasteiger partial charge in [-0.3, -0.25) is 0 Å². The van der Waals surface area contributed by atoms with Crippen LogP contribution < -0.4 is 5.32 Å². The summed E-state index contributed by atoms with van der Waals surface area (Å²) in [5, 5.41) is 5.53. The Labute approximate surface area is 93.8 Å². The SMILES string of the molecule is CC(NCc1ccn(C)c1)c1cscn1. The Morgan fingerprint density at radius 2 is 2.47 bits per heavy atom. The van der Waals surface area contributed by atoms with E-state index in [0.717, 1.165) is 12.2 Å². The van der Waals surface area contributed by atoms with Crippen LogP contribution in [-0.2, 0) is 13.6 Å². The first-order chi connectivity index (χ1) is 7.25. The fraction of sp³-hybridized carbons (Fsp3) is 0.364. The highest BCUT2D eigenvalue weighted by Crippen LogP contribution is 2.12. The Balaban J connectivity index is 1.88. The van der Waals surface area contributed by atoms with Gasteiger partial charge in [0.25, 0.3) is 0 Å². The zero-order chi connectivity index (χ0) is 10.7. The third-order valence-corrected chi connectivity index (χ3v) is 3.01. The topological polar surface area (TPSA) is 29.9 Å². The van der Waals surface area contributed by atoms with E-state index < -0.39 is 0 Å². The van der Waals surface area contributed by atoms with E-state index in [9.17, 15) is 0 Å². The van der Waals surface area contributed by atoms with Crippen molar-refractivity contribution in [1.82, 2.24) is 14.9 Å². The maximum atomic E-state index is 4.28. The molecule has 0 aliphatic carbocycles. The highest BCUT2D eigenvalue weighted by atomic mass is 32.1. The van der Waals surface area contributed by atoms with E-state index in [4.69, 9.17) is 0 Å². The van der Waals surface area contributed by atoms with Gasteiger partial charge in [0.2, 0.25) is 0 Å². The van der Waals surface area contributed by atoms with Crippen molar-refractivity contribution in [2.75, 3.05) is 0 Å². The zero-order valence-corrected chi connectivity index (χ0v) is 9.79. The van der Waals surface area contributed by atoms with Crippen molar-refractivity contribution in [3.63, 3.8) is 0 Å². The molecular weight excluding hydrogens is 206 g/mol. The molecule has 0 saturated heterocycles. The molecule has 1 unspecified atom stereocenters. The second-order valence-corrected chi connectivity index (χ2v) is 4.42. The number of aromatic nitrogens is 2. The summed E-state index contributed by atoms with van der Waals surface area (Å²) in [5.74, 6) is 0. The Hall–Kier alpha value is -1.13. The average molecular weight is 221 g/mol. The Morgan fingerprint density at radius 1 is 1.60 bits per heavy atom. The van der Waals surface area contributed by atoms with E-state index in [0.29, 0.717) is 6.04 Å². The number of hydrogen-bond acceptors (Lipinski definition) is 3. The largest absolute Gasteiger partial charge is 0.357 e. The molecule has 0 aliphatic rings. The molecule has 0 radical (unpaired) electrons. The molecule has 2 heterocycles. The molecule has 0 bridgehead atoms.